The number of nitrogens with one attached hydrogen (secondary N) is 1. The molecule has 0 saturated heterocycles. The highest BCUT2D eigenvalue weighted by Gasteiger charge is 2.31. The van der Waals surface area contributed by atoms with Crippen LogP contribution in [0.4, 0.5) is 11.4 Å². The lowest BCUT2D eigenvalue weighted by Crippen LogP contribution is -2.29. The standard InChI is InChI=1S/C27H30N2O3/c1-27(2,3)32-25(31)15-17-6-12-21-22-13-9-19(28-4)16-24(22)29(5)26(23(21)14-17)18-7-10-20(30)11-8-18/h6-14,16,26,28,30H,15H2,1-5H3. The molecule has 3 aromatic rings. The highest BCUT2D eigenvalue weighted by Crippen LogP contribution is 2.47. The molecule has 0 aromatic heterocycles. The maximum atomic E-state index is 12.5. The van der Waals surface area contributed by atoms with Gasteiger partial charge < -0.3 is 20.1 Å². The van der Waals surface area contributed by atoms with E-state index in [1.54, 1.807) is 12.1 Å². The van der Waals surface area contributed by atoms with Crippen LogP contribution in [0.1, 0.15) is 43.5 Å². The largest absolute Gasteiger partial charge is 0.508 e. The predicted octanol–water partition coefficient (Wildman–Crippen LogP) is 5.52. The van der Waals surface area contributed by atoms with Crippen molar-refractivity contribution in [3.8, 4) is 16.9 Å². The van der Waals surface area contributed by atoms with Gasteiger partial charge in [-0.15, -0.1) is 0 Å². The lowest BCUT2D eigenvalue weighted by atomic mass is 9.84. The molecule has 0 fully saturated rings. The summed E-state index contributed by atoms with van der Waals surface area (Å²) in [6, 6.07) is 19.9. The number of ether oxygens (including phenoxy) is 1. The van der Waals surface area contributed by atoms with Crippen LogP contribution in [0.5, 0.6) is 5.75 Å². The van der Waals surface area contributed by atoms with E-state index in [1.807, 2.05) is 46.0 Å². The average Bonchev–Trinajstić information content (AvgIpc) is 2.73. The fraction of sp³-hybridized carbons (Fsp3) is 0.296. The maximum Gasteiger partial charge on any atom is 0.310 e. The highest BCUT2D eigenvalue weighted by atomic mass is 16.6. The second kappa shape index (κ2) is 8.23. The van der Waals surface area contributed by atoms with Crippen LogP contribution in [0.25, 0.3) is 11.1 Å². The van der Waals surface area contributed by atoms with E-state index in [0.717, 1.165) is 39.2 Å². The summed E-state index contributed by atoms with van der Waals surface area (Å²) in [5.74, 6) is 0.00541. The van der Waals surface area contributed by atoms with Gasteiger partial charge in [-0.05, 0) is 67.3 Å². The van der Waals surface area contributed by atoms with Crippen LogP contribution in [0, 0.1) is 0 Å². The van der Waals surface area contributed by atoms with Crippen molar-refractivity contribution in [2.45, 2.75) is 38.8 Å². The number of fused-ring (bicyclic) bond motifs is 3. The number of carbonyl (C=O) groups is 1. The molecule has 166 valence electrons. The van der Waals surface area contributed by atoms with Gasteiger partial charge in [0.2, 0.25) is 0 Å². The minimum absolute atomic E-state index is 0.0520. The number of hydrogen-bond donors (Lipinski definition) is 2. The van der Waals surface area contributed by atoms with Crippen molar-refractivity contribution in [3.05, 3.63) is 77.4 Å². The van der Waals surface area contributed by atoms with E-state index in [1.165, 1.54) is 0 Å². The van der Waals surface area contributed by atoms with Crippen LogP contribution in [0.2, 0.25) is 0 Å². The minimum atomic E-state index is -0.510. The monoisotopic (exact) mass is 430 g/mol. The molecule has 0 spiro atoms. The molecular formula is C27H30N2O3. The molecule has 5 heteroatoms. The molecule has 0 radical (unpaired) electrons. The summed E-state index contributed by atoms with van der Waals surface area (Å²) >= 11 is 0. The zero-order valence-corrected chi connectivity index (χ0v) is 19.3. The molecule has 0 amide bonds. The third-order valence-electron chi connectivity index (χ3n) is 5.73. The number of rotatable bonds is 4. The SMILES string of the molecule is CNc1ccc2c(c1)N(C)C(c1ccc(O)cc1)c1cc(CC(=O)OC(C)(C)C)ccc1-2. The third-order valence-corrected chi connectivity index (χ3v) is 5.73. The third kappa shape index (κ3) is 4.28. The number of phenols is 1. The van der Waals surface area contributed by atoms with E-state index >= 15 is 0 Å². The van der Waals surface area contributed by atoms with Crippen molar-refractivity contribution in [1.29, 1.82) is 0 Å². The molecule has 5 nitrogen and oxygen atoms in total. The number of aromatic hydroxyl groups is 1. The maximum absolute atomic E-state index is 12.5. The van der Waals surface area contributed by atoms with Gasteiger partial charge in [0, 0.05) is 31.0 Å². The van der Waals surface area contributed by atoms with E-state index in [9.17, 15) is 9.90 Å². The Balaban J connectivity index is 1.82. The number of anilines is 2. The summed E-state index contributed by atoms with van der Waals surface area (Å²) in [6.45, 7) is 5.64. The Morgan fingerprint density at radius 1 is 1.03 bits per heavy atom. The molecule has 0 saturated carbocycles. The van der Waals surface area contributed by atoms with Crippen LogP contribution < -0.4 is 10.2 Å². The van der Waals surface area contributed by atoms with E-state index in [4.69, 9.17) is 4.74 Å². The van der Waals surface area contributed by atoms with Gasteiger partial charge >= 0.3 is 5.97 Å². The molecule has 32 heavy (non-hydrogen) atoms. The number of benzene rings is 3. The van der Waals surface area contributed by atoms with Crippen molar-refractivity contribution in [1.82, 2.24) is 0 Å². The van der Waals surface area contributed by atoms with Crippen LogP contribution in [0.3, 0.4) is 0 Å². The Morgan fingerprint density at radius 3 is 2.38 bits per heavy atom. The van der Waals surface area contributed by atoms with Gasteiger partial charge in [0.15, 0.2) is 0 Å². The van der Waals surface area contributed by atoms with Gasteiger partial charge in [0.25, 0.3) is 0 Å². The van der Waals surface area contributed by atoms with Gasteiger partial charge in [-0.3, -0.25) is 4.79 Å². The number of phenolic OH excluding ortho intramolecular Hbond substituents is 1. The highest BCUT2D eigenvalue weighted by molar-refractivity contribution is 5.88. The molecule has 2 N–H and O–H groups in total. The van der Waals surface area contributed by atoms with Gasteiger partial charge in [0.1, 0.15) is 11.4 Å². The number of esters is 1. The second-order valence-electron chi connectivity index (χ2n) is 9.27. The van der Waals surface area contributed by atoms with E-state index < -0.39 is 5.60 Å². The van der Waals surface area contributed by atoms with E-state index in [0.29, 0.717) is 0 Å². The first-order valence-corrected chi connectivity index (χ1v) is 10.8. The lowest BCUT2D eigenvalue weighted by molar-refractivity contribution is -0.153. The first-order chi connectivity index (χ1) is 15.2. The van der Waals surface area contributed by atoms with Crippen LogP contribution in [-0.4, -0.2) is 30.8 Å². The number of nitrogens with zero attached hydrogens (tertiary/aromatic N) is 1. The van der Waals surface area contributed by atoms with Crippen molar-refractivity contribution in [3.63, 3.8) is 0 Å². The molecule has 1 heterocycles. The molecule has 4 rings (SSSR count). The van der Waals surface area contributed by atoms with Crippen molar-refractivity contribution in [2.75, 3.05) is 24.3 Å². The summed E-state index contributed by atoms with van der Waals surface area (Å²) in [7, 11) is 4.00. The second-order valence-corrected chi connectivity index (χ2v) is 9.27. The Bertz CT molecular complexity index is 1150. The summed E-state index contributed by atoms with van der Waals surface area (Å²) in [6.07, 6.45) is 0.224. The molecular weight excluding hydrogens is 400 g/mol. The van der Waals surface area contributed by atoms with Crippen LogP contribution in [-0.2, 0) is 16.0 Å². The van der Waals surface area contributed by atoms with E-state index in [-0.39, 0.29) is 24.2 Å². The first kappa shape index (κ1) is 21.8. The van der Waals surface area contributed by atoms with Gasteiger partial charge in [-0.2, -0.15) is 0 Å². The van der Waals surface area contributed by atoms with Crippen LogP contribution >= 0.6 is 0 Å². The Labute approximate surface area is 189 Å². The molecule has 1 atom stereocenters. The molecule has 1 aliphatic rings. The summed E-state index contributed by atoms with van der Waals surface area (Å²) < 4.78 is 5.53. The zero-order chi connectivity index (χ0) is 23.0. The van der Waals surface area contributed by atoms with Crippen LogP contribution in [0.15, 0.2) is 60.7 Å². The molecule has 1 unspecified atom stereocenters. The van der Waals surface area contributed by atoms with Crippen molar-refractivity contribution >= 4 is 17.3 Å². The van der Waals surface area contributed by atoms with Gasteiger partial charge in [-0.1, -0.05) is 36.4 Å². The summed E-state index contributed by atoms with van der Waals surface area (Å²) in [5, 5.41) is 13.0. The minimum Gasteiger partial charge on any atom is -0.508 e. The fourth-order valence-electron chi connectivity index (χ4n) is 4.35. The first-order valence-electron chi connectivity index (χ1n) is 10.8. The number of hydrogen-bond acceptors (Lipinski definition) is 5. The average molecular weight is 431 g/mol. The predicted molar refractivity (Wildman–Crippen MR) is 129 cm³/mol. The Hall–Kier alpha value is -3.47. The fourth-order valence-corrected chi connectivity index (χ4v) is 4.35. The molecule has 3 aromatic carbocycles. The smallest absolute Gasteiger partial charge is 0.310 e. The molecule has 0 aliphatic carbocycles. The quantitative estimate of drug-likeness (QED) is 0.534. The molecule has 0 bridgehead atoms. The van der Waals surface area contributed by atoms with Gasteiger partial charge in [0.05, 0.1) is 12.5 Å². The summed E-state index contributed by atoms with van der Waals surface area (Å²) in [4.78, 5) is 14.7. The topological polar surface area (TPSA) is 61.8 Å². The Kier molecular flexibility index (Phi) is 5.59. The molecule has 1 aliphatic heterocycles. The summed E-state index contributed by atoms with van der Waals surface area (Å²) in [5.41, 5.74) is 7.08. The number of carbonyl (C=O) groups excluding carboxylic acids is 1. The zero-order valence-electron chi connectivity index (χ0n) is 19.3. The van der Waals surface area contributed by atoms with Gasteiger partial charge in [-0.25, -0.2) is 0 Å². The lowest BCUT2D eigenvalue weighted by Gasteiger charge is -2.38. The normalized spacial score (nSPS) is 15.0. The van der Waals surface area contributed by atoms with Crippen molar-refractivity contribution < 1.29 is 14.6 Å². The van der Waals surface area contributed by atoms with E-state index in [2.05, 4.69) is 47.6 Å². The Morgan fingerprint density at radius 2 is 1.72 bits per heavy atom. The van der Waals surface area contributed by atoms with Crippen molar-refractivity contribution in [2.24, 2.45) is 0 Å².